The van der Waals surface area contributed by atoms with E-state index in [4.69, 9.17) is 23.2 Å². The summed E-state index contributed by atoms with van der Waals surface area (Å²) in [5.74, 6) is 0.255. The predicted octanol–water partition coefficient (Wildman–Crippen LogP) is 4.85. The standard InChI is InChI=1S/C20H21Cl2FN6OS/c1-11(28(3)4)18-26-27-20(29(18)15-7-5-14(23)6-8-15)31-12(2)19(30)25-17-16(22)9-13(21)10-24-17/h5-12H,1-4H3,(H,24,25,30). The first-order valence-corrected chi connectivity index (χ1v) is 11.0. The average molecular weight is 483 g/mol. The second-order valence-corrected chi connectivity index (χ2v) is 9.18. The van der Waals surface area contributed by atoms with Crippen molar-refractivity contribution in [3.63, 3.8) is 0 Å². The molecule has 31 heavy (non-hydrogen) atoms. The van der Waals surface area contributed by atoms with Gasteiger partial charge >= 0.3 is 0 Å². The number of hydrogen-bond donors (Lipinski definition) is 1. The van der Waals surface area contributed by atoms with Crippen LogP contribution in [0.2, 0.25) is 10.0 Å². The number of nitrogens with one attached hydrogen (secondary N) is 1. The van der Waals surface area contributed by atoms with Crippen LogP contribution in [0.25, 0.3) is 5.69 Å². The molecule has 0 aliphatic heterocycles. The molecule has 164 valence electrons. The molecule has 3 rings (SSSR count). The van der Waals surface area contributed by atoms with Crippen LogP contribution in [0.5, 0.6) is 0 Å². The van der Waals surface area contributed by atoms with E-state index in [1.54, 1.807) is 19.1 Å². The molecule has 1 N–H and O–H groups in total. The van der Waals surface area contributed by atoms with Crippen LogP contribution in [0.4, 0.5) is 10.2 Å². The number of carbonyl (C=O) groups is 1. The first kappa shape index (κ1) is 23.5. The fourth-order valence-corrected chi connectivity index (χ4v) is 3.93. The van der Waals surface area contributed by atoms with E-state index in [0.717, 1.165) is 0 Å². The minimum Gasteiger partial charge on any atom is -0.308 e. The van der Waals surface area contributed by atoms with Crippen molar-refractivity contribution in [2.75, 3.05) is 19.4 Å². The van der Waals surface area contributed by atoms with Gasteiger partial charge in [-0.05, 0) is 58.3 Å². The maximum absolute atomic E-state index is 13.5. The fraction of sp³-hybridized carbons (Fsp3) is 0.300. The lowest BCUT2D eigenvalue weighted by atomic mass is 10.2. The SMILES string of the molecule is CC(Sc1nnc(C(C)N(C)C)n1-c1ccc(F)cc1)C(=O)Nc1ncc(Cl)cc1Cl. The quantitative estimate of drug-likeness (QED) is 0.485. The van der Waals surface area contributed by atoms with Crippen molar-refractivity contribution in [1.82, 2.24) is 24.6 Å². The zero-order chi connectivity index (χ0) is 22.7. The highest BCUT2D eigenvalue weighted by molar-refractivity contribution is 8.00. The number of halogens is 3. The lowest BCUT2D eigenvalue weighted by Gasteiger charge is -2.21. The summed E-state index contributed by atoms with van der Waals surface area (Å²) < 4.78 is 15.3. The third-order valence-electron chi connectivity index (χ3n) is 4.59. The predicted molar refractivity (Wildman–Crippen MR) is 122 cm³/mol. The molecule has 2 heterocycles. The van der Waals surface area contributed by atoms with Crippen molar-refractivity contribution < 1.29 is 9.18 Å². The van der Waals surface area contributed by atoms with E-state index < -0.39 is 5.25 Å². The summed E-state index contributed by atoms with van der Waals surface area (Å²) in [5, 5.41) is 11.9. The Bertz CT molecular complexity index is 1080. The number of nitrogens with zero attached hydrogens (tertiary/aromatic N) is 5. The summed E-state index contributed by atoms with van der Waals surface area (Å²) in [6.45, 7) is 3.73. The van der Waals surface area contributed by atoms with Crippen LogP contribution in [0.15, 0.2) is 41.7 Å². The van der Waals surface area contributed by atoms with Gasteiger partial charge in [0.2, 0.25) is 5.91 Å². The molecular weight excluding hydrogens is 462 g/mol. The average Bonchev–Trinajstić information content (AvgIpc) is 3.13. The largest absolute Gasteiger partial charge is 0.308 e. The van der Waals surface area contributed by atoms with Crippen molar-refractivity contribution >= 4 is 46.7 Å². The van der Waals surface area contributed by atoms with Gasteiger partial charge in [-0.1, -0.05) is 35.0 Å². The van der Waals surface area contributed by atoms with Crippen molar-refractivity contribution in [2.24, 2.45) is 0 Å². The normalized spacial score (nSPS) is 13.3. The highest BCUT2D eigenvalue weighted by Crippen LogP contribution is 2.30. The van der Waals surface area contributed by atoms with E-state index in [1.807, 2.05) is 30.5 Å². The molecule has 1 amide bonds. The molecule has 0 saturated carbocycles. The number of benzene rings is 1. The van der Waals surface area contributed by atoms with E-state index in [9.17, 15) is 9.18 Å². The molecule has 0 saturated heterocycles. The minimum absolute atomic E-state index is 0.0619. The Labute approximate surface area is 194 Å². The number of thioether (sulfide) groups is 1. The van der Waals surface area contributed by atoms with Gasteiger partial charge in [0, 0.05) is 11.9 Å². The number of carbonyl (C=O) groups excluding carboxylic acids is 1. The molecule has 0 aliphatic carbocycles. The van der Waals surface area contributed by atoms with Crippen LogP contribution in [0.1, 0.15) is 25.7 Å². The summed E-state index contributed by atoms with van der Waals surface area (Å²) in [6, 6.07) is 7.49. The zero-order valence-electron chi connectivity index (χ0n) is 17.3. The highest BCUT2D eigenvalue weighted by Gasteiger charge is 2.25. The highest BCUT2D eigenvalue weighted by atomic mass is 35.5. The topological polar surface area (TPSA) is 75.9 Å². The lowest BCUT2D eigenvalue weighted by Crippen LogP contribution is -2.24. The maximum Gasteiger partial charge on any atom is 0.238 e. The lowest BCUT2D eigenvalue weighted by molar-refractivity contribution is -0.115. The van der Waals surface area contributed by atoms with Gasteiger partial charge in [-0.25, -0.2) is 9.37 Å². The molecule has 7 nitrogen and oxygen atoms in total. The third-order valence-corrected chi connectivity index (χ3v) is 6.13. The zero-order valence-corrected chi connectivity index (χ0v) is 19.6. The Morgan fingerprint density at radius 2 is 1.87 bits per heavy atom. The molecule has 0 radical (unpaired) electrons. The number of aromatic nitrogens is 4. The van der Waals surface area contributed by atoms with Gasteiger partial charge in [-0.2, -0.15) is 0 Å². The van der Waals surface area contributed by atoms with Gasteiger partial charge in [0.05, 0.1) is 21.3 Å². The summed E-state index contributed by atoms with van der Waals surface area (Å²) in [7, 11) is 3.86. The molecule has 0 spiro atoms. The fourth-order valence-electron chi connectivity index (χ4n) is 2.63. The van der Waals surface area contributed by atoms with E-state index in [1.165, 1.54) is 36.2 Å². The first-order valence-electron chi connectivity index (χ1n) is 9.33. The Morgan fingerprint density at radius 1 is 1.19 bits per heavy atom. The molecule has 3 aromatic rings. The van der Waals surface area contributed by atoms with Crippen LogP contribution in [-0.4, -0.2) is 49.9 Å². The van der Waals surface area contributed by atoms with Crippen molar-refractivity contribution in [3.05, 3.63) is 58.2 Å². The second kappa shape index (κ2) is 9.95. The summed E-state index contributed by atoms with van der Waals surface area (Å²) in [4.78, 5) is 18.8. The number of hydrogen-bond acceptors (Lipinski definition) is 6. The van der Waals surface area contributed by atoms with E-state index in [-0.39, 0.29) is 28.6 Å². The Kier molecular flexibility index (Phi) is 7.53. The molecule has 2 atom stereocenters. The van der Waals surface area contributed by atoms with Gasteiger partial charge < -0.3 is 5.32 Å². The maximum atomic E-state index is 13.5. The van der Waals surface area contributed by atoms with Gasteiger partial charge in [-0.15, -0.1) is 10.2 Å². The van der Waals surface area contributed by atoms with E-state index >= 15 is 0 Å². The summed E-state index contributed by atoms with van der Waals surface area (Å²) in [6.07, 6.45) is 1.40. The third kappa shape index (κ3) is 5.54. The van der Waals surface area contributed by atoms with Crippen LogP contribution in [-0.2, 0) is 4.79 Å². The Hall–Kier alpha value is -2.20. The second-order valence-electron chi connectivity index (χ2n) is 7.03. The molecule has 2 unspecified atom stereocenters. The summed E-state index contributed by atoms with van der Waals surface area (Å²) in [5.41, 5.74) is 0.702. The van der Waals surface area contributed by atoms with Gasteiger partial charge in [0.15, 0.2) is 16.8 Å². The molecule has 0 aliphatic rings. The molecule has 0 fully saturated rings. The molecular formula is C20H21Cl2FN6OS. The van der Waals surface area contributed by atoms with Gasteiger partial charge in [0.25, 0.3) is 0 Å². The van der Waals surface area contributed by atoms with Crippen molar-refractivity contribution in [3.8, 4) is 5.69 Å². The van der Waals surface area contributed by atoms with Crippen molar-refractivity contribution in [2.45, 2.75) is 30.3 Å². The van der Waals surface area contributed by atoms with Crippen molar-refractivity contribution in [1.29, 1.82) is 0 Å². The molecule has 11 heteroatoms. The van der Waals surface area contributed by atoms with Crippen LogP contribution < -0.4 is 5.32 Å². The number of pyridine rings is 1. The first-order chi connectivity index (χ1) is 14.7. The monoisotopic (exact) mass is 482 g/mol. The minimum atomic E-state index is -0.542. The number of anilines is 1. The molecule has 1 aromatic carbocycles. The van der Waals surface area contributed by atoms with Gasteiger partial charge in [-0.3, -0.25) is 14.3 Å². The Morgan fingerprint density at radius 3 is 2.48 bits per heavy atom. The van der Waals surface area contributed by atoms with Crippen LogP contribution in [0, 0.1) is 5.82 Å². The number of amides is 1. The van der Waals surface area contributed by atoms with Crippen LogP contribution in [0.3, 0.4) is 0 Å². The van der Waals surface area contributed by atoms with E-state index in [2.05, 4.69) is 20.5 Å². The summed E-state index contributed by atoms with van der Waals surface area (Å²) >= 11 is 13.2. The van der Waals surface area contributed by atoms with Crippen LogP contribution >= 0.6 is 35.0 Å². The number of rotatable bonds is 7. The van der Waals surface area contributed by atoms with E-state index in [0.29, 0.717) is 21.7 Å². The Balaban J connectivity index is 1.87. The smallest absolute Gasteiger partial charge is 0.238 e. The van der Waals surface area contributed by atoms with Gasteiger partial charge in [0.1, 0.15) is 5.82 Å². The molecule has 0 bridgehead atoms. The molecule has 2 aromatic heterocycles.